The molecule has 0 aliphatic heterocycles. The summed E-state index contributed by atoms with van der Waals surface area (Å²) < 4.78 is 34.3. The third-order valence-electron chi connectivity index (χ3n) is 8.86. The maximum Gasteiger partial charge on any atom is 1.00 e. The van der Waals surface area contributed by atoms with Gasteiger partial charge in [-0.1, -0.05) is 194 Å². The van der Waals surface area contributed by atoms with E-state index < -0.39 is 10.4 Å². The molecule has 0 amide bonds. The Hall–Kier alpha value is 0.790. The fraction of sp³-hybridized carbons (Fsp3) is 1.00. The summed E-state index contributed by atoms with van der Waals surface area (Å²) in [5.41, 5.74) is 0. The van der Waals surface area contributed by atoms with Crippen LogP contribution in [0, 0.1) is 11.1 Å². The minimum Gasteiger partial charge on any atom is -0.726 e. The van der Waals surface area contributed by atoms with Gasteiger partial charge in [-0.25, -0.2) is 8.42 Å². The zero-order chi connectivity index (χ0) is 33.9. The minimum absolute atomic E-state index is 0. The van der Waals surface area contributed by atoms with E-state index in [1.165, 1.54) is 173 Å². The van der Waals surface area contributed by atoms with Gasteiger partial charge in [0, 0.05) is 5.92 Å². The first-order chi connectivity index (χ1) is 21.6. The predicted octanol–water partition coefficient (Wildman–Crippen LogP) is 9.41. The van der Waals surface area contributed by atoms with Crippen molar-refractivity contribution in [1.82, 2.24) is 0 Å². The molecule has 1 atom stereocenters. The van der Waals surface area contributed by atoms with Gasteiger partial charge in [-0.15, -0.1) is 0 Å². The predicted molar refractivity (Wildman–Crippen MR) is 195 cm³/mol. The second-order valence-corrected chi connectivity index (χ2v) is 15.3. The molecular weight excluding hydrogens is 605 g/mol. The molecule has 0 spiro atoms. The molecule has 0 N–H and O–H groups in total. The summed E-state index contributed by atoms with van der Waals surface area (Å²) in [5.74, 6) is 0.640. The molecule has 0 radical (unpaired) electrons. The van der Waals surface area contributed by atoms with Crippen molar-refractivity contribution in [3.63, 3.8) is 0 Å². The van der Waals surface area contributed by atoms with Crippen LogP contribution in [0.5, 0.6) is 0 Å². The zero-order valence-electron chi connectivity index (χ0n) is 32.1. The average Bonchev–Trinajstić information content (AvgIpc) is 2.97. The summed E-state index contributed by atoms with van der Waals surface area (Å²) in [6.07, 6.45) is 39.3. The second kappa shape index (κ2) is 38.6. The van der Waals surface area contributed by atoms with Gasteiger partial charge in [-0.05, 0) is 19.3 Å². The number of quaternary nitrogens is 1. The first-order valence-corrected chi connectivity index (χ1v) is 21.0. The molecule has 0 fully saturated rings. The van der Waals surface area contributed by atoms with Crippen LogP contribution in [0.3, 0.4) is 0 Å². The summed E-state index contributed by atoms with van der Waals surface area (Å²) in [4.78, 5) is 0. The van der Waals surface area contributed by atoms with Gasteiger partial charge in [0.15, 0.2) is 0 Å². The van der Waals surface area contributed by atoms with Gasteiger partial charge in [0.25, 0.3) is 0 Å². The Morgan fingerprint density at radius 1 is 0.500 bits per heavy atom. The van der Waals surface area contributed by atoms with E-state index in [2.05, 4.69) is 25.0 Å². The van der Waals surface area contributed by atoms with Crippen LogP contribution in [-0.4, -0.2) is 44.9 Å². The molecule has 0 aromatic carbocycles. The number of hydroxylamine groups is 3. The van der Waals surface area contributed by atoms with Gasteiger partial charge in [-0.2, -0.15) is 0 Å². The molecular formula is C38H80NNaO5S. The van der Waals surface area contributed by atoms with Crippen molar-refractivity contribution in [2.45, 2.75) is 213 Å². The Morgan fingerprint density at radius 2 is 0.761 bits per heavy atom. The van der Waals surface area contributed by atoms with E-state index in [9.17, 15) is 18.2 Å². The van der Waals surface area contributed by atoms with E-state index in [1.54, 1.807) is 0 Å². The molecule has 0 bridgehead atoms. The number of rotatable bonds is 34. The number of hydrogen-bond donors (Lipinski definition) is 0. The first-order valence-electron chi connectivity index (χ1n) is 19.7. The Kier molecular flexibility index (Phi) is 42.9. The van der Waals surface area contributed by atoms with E-state index in [0.29, 0.717) is 12.3 Å². The maximum absolute atomic E-state index is 12.2. The Bertz CT molecular complexity index is 672. The van der Waals surface area contributed by atoms with Crippen molar-refractivity contribution < 1.29 is 51.4 Å². The maximum atomic E-state index is 12.2. The van der Waals surface area contributed by atoms with Crippen LogP contribution in [0.4, 0.5) is 0 Å². The van der Waals surface area contributed by atoms with Crippen LogP contribution in [0.15, 0.2) is 0 Å². The first kappa shape index (κ1) is 51.2. The van der Waals surface area contributed by atoms with Crippen LogP contribution in [0.1, 0.15) is 213 Å². The number of hydrogen-bond acceptors (Lipinski definition) is 5. The van der Waals surface area contributed by atoms with Crippen molar-refractivity contribution in [2.75, 3.05) is 27.2 Å². The number of nitrogens with zero attached hydrogens (tertiary/aromatic N) is 1. The molecule has 0 rings (SSSR count). The topological polar surface area (TPSA) is 89.5 Å². The van der Waals surface area contributed by atoms with Gasteiger partial charge in [0.2, 0.25) is 10.4 Å². The van der Waals surface area contributed by atoms with Crippen LogP contribution >= 0.6 is 0 Å². The Labute approximate surface area is 311 Å². The van der Waals surface area contributed by atoms with Gasteiger partial charge < -0.3 is 14.4 Å². The van der Waals surface area contributed by atoms with E-state index in [-0.39, 0.29) is 40.8 Å². The molecule has 0 aliphatic rings. The molecule has 1 unspecified atom stereocenters. The molecule has 46 heavy (non-hydrogen) atoms. The fourth-order valence-corrected chi connectivity index (χ4v) is 6.51. The SMILES string of the molecule is CCCCCCCCCCCCC(CCCCCCCCCC)C[N+](C)(C)[O-].CCCCCCCCCCCCOS(=O)(=O)[O-].[Na+]. The summed E-state index contributed by atoms with van der Waals surface area (Å²) in [7, 11) is -0.847. The Balaban J connectivity index is -0.000000882. The van der Waals surface area contributed by atoms with Gasteiger partial charge in [0.1, 0.15) is 0 Å². The second-order valence-electron chi connectivity index (χ2n) is 14.3. The van der Waals surface area contributed by atoms with E-state index >= 15 is 0 Å². The minimum atomic E-state index is -4.48. The molecule has 0 saturated carbocycles. The largest absolute Gasteiger partial charge is 1.00 e. The Morgan fingerprint density at radius 3 is 1.02 bits per heavy atom. The average molecular weight is 686 g/mol. The molecule has 8 heteroatoms. The van der Waals surface area contributed by atoms with Crippen LogP contribution in [-0.2, 0) is 14.6 Å². The van der Waals surface area contributed by atoms with Gasteiger partial charge in [-0.3, -0.25) is 4.18 Å². The summed E-state index contributed by atoms with van der Waals surface area (Å²) >= 11 is 0. The third-order valence-corrected chi connectivity index (χ3v) is 9.31. The van der Waals surface area contributed by atoms with E-state index in [0.717, 1.165) is 19.4 Å². The van der Waals surface area contributed by atoms with Crippen molar-refractivity contribution >= 4 is 10.4 Å². The molecule has 274 valence electrons. The smallest absolute Gasteiger partial charge is 0.726 e. The van der Waals surface area contributed by atoms with E-state index in [1.807, 2.05) is 14.1 Å². The zero-order valence-corrected chi connectivity index (χ0v) is 34.9. The van der Waals surface area contributed by atoms with Crippen molar-refractivity contribution in [3.8, 4) is 0 Å². The third kappa shape index (κ3) is 49.2. The van der Waals surface area contributed by atoms with Crippen molar-refractivity contribution in [2.24, 2.45) is 5.92 Å². The molecule has 0 saturated heterocycles. The van der Waals surface area contributed by atoms with E-state index in [4.69, 9.17) is 0 Å². The van der Waals surface area contributed by atoms with Gasteiger partial charge >= 0.3 is 29.6 Å². The van der Waals surface area contributed by atoms with Crippen molar-refractivity contribution in [1.29, 1.82) is 0 Å². The summed E-state index contributed by atoms with van der Waals surface area (Å²) in [5, 5.41) is 12.2. The van der Waals surface area contributed by atoms with Crippen LogP contribution in [0.25, 0.3) is 0 Å². The quantitative estimate of drug-likeness (QED) is 0.0168. The fourth-order valence-electron chi connectivity index (χ4n) is 6.19. The normalized spacial score (nSPS) is 12.4. The van der Waals surface area contributed by atoms with Gasteiger partial charge in [0.05, 0.1) is 27.2 Å². The van der Waals surface area contributed by atoms with Crippen LogP contribution in [0.2, 0.25) is 0 Å². The van der Waals surface area contributed by atoms with Crippen LogP contribution < -0.4 is 29.6 Å². The standard InChI is InChI=1S/C26H55NO.C12H26O4S.Na/c1-5-7-9-11-13-15-16-18-20-22-24-26(25-27(3,4)28)23-21-19-17-14-12-10-8-6-2;1-2-3-4-5-6-7-8-9-10-11-12-16-17(13,14)15;/h26H,5-25H2,1-4H3;2-12H2,1H3,(H,13,14,15);/q;;+1/p-1. The van der Waals surface area contributed by atoms with Crippen molar-refractivity contribution in [3.05, 3.63) is 5.21 Å². The molecule has 0 aromatic heterocycles. The molecule has 6 nitrogen and oxygen atoms in total. The monoisotopic (exact) mass is 686 g/mol. The molecule has 0 aliphatic carbocycles. The number of unbranched alkanes of at least 4 members (excludes halogenated alkanes) is 25. The summed E-state index contributed by atoms with van der Waals surface area (Å²) in [6, 6.07) is 0. The molecule has 0 aromatic rings. The molecule has 0 heterocycles. The summed E-state index contributed by atoms with van der Waals surface area (Å²) in [6.45, 7) is 7.63.